The first-order chi connectivity index (χ1) is 5.72. The molecule has 1 fully saturated rings. The highest BCUT2D eigenvalue weighted by Crippen LogP contribution is 2.15. The van der Waals surface area contributed by atoms with Crippen LogP contribution in [0.1, 0.15) is 19.8 Å². The summed E-state index contributed by atoms with van der Waals surface area (Å²) in [5.74, 6) is 0.851. The lowest BCUT2D eigenvalue weighted by molar-refractivity contribution is 0.197. The molecule has 12 heavy (non-hydrogen) atoms. The quantitative estimate of drug-likeness (QED) is 0.642. The van der Waals surface area contributed by atoms with Crippen molar-refractivity contribution in [2.45, 2.75) is 19.8 Å². The monoisotopic (exact) mass is 168 g/mol. The molecular formula is C10H20N2. The number of likely N-dealkylation sites (tertiary alicyclic amines) is 1. The van der Waals surface area contributed by atoms with Crippen LogP contribution in [-0.2, 0) is 0 Å². The van der Waals surface area contributed by atoms with Crippen LogP contribution >= 0.6 is 0 Å². The first kappa shape index (κ1) is 9.75. The van der Waals surface area contributed by atoms with Crippen LogP contribution in [0.5, 0.6) is 0 Å². The van der Waals surface area contributed by atoms with E-state index in [-0.39, 0.29) is 0 Å². The van der Waals surface area contributed by atoms with Crippen molar-refractivity contribution in [3.05, 3.63) is 12.2 Å². The first-order valence-electron chi connectivity index (χ1n) is 4.81. The van der Waals surface area contributed by atoms with Gasteiger partial charge >= 0.3 is 0 Å². The molecule has 0 spiro atoms. The van der Waals surface area contributed by atoms with E-state index in [1.165, 1.54) is 25.9 Å². The predicted octanol–water partition coefficient (Wildman–Crippen LogP) is 1.23. The molecule has 0 amide bonds. The van der Waals surface area contributed by atoms with E-state index >= 15 is 0 Å². The van der Waals surface area contributed by atoms with E-state index in [2.05, 4.69) is 18.4 Å². The van der Waals surface area contributed by atoms with E-state index in [1.807, 2.05) is 0 Å². The van der Waals surface area contributed by atoms with E-state index < -0.39 is 0 Å². The average molecular weight is 168 g/mol. The maximum absolute atomic E-state index is 5.50. The molecule has 0 aromatic heterocycles. The van der Waals surface area contributed by atoms with Crippen LogP contribution in [0.3, 0.4) is 0 Å². The van der Waals surface area contributed by atoms with Crippen molar-refractivity contribution in [2.75, 3.05) is 26.2 Å². The van der Waals surface area contributed by atoms with Gasteiger partial charge in [-0.2, -0.15) is 0 Å². The van der Waals surface area contributed by atoms with E-state index in [1.54, 1.807) is 0 Å². The van der Waals surface area contributed by atoms with Gasteiger partial charge in [-0.1, -0.05) is 13.5 Å². The van der Waals surface area contributed by atoms with Crippen LogP contribution in [0.2, 0.25) is 0 Å². The summed E-state index contributed by atoms with van der Waals surface area (Å²) in [5, 5.41) is 0. The molecular weight excluding hydrogens is 148 g/mol. The largest absolute Gasteiger partial charge is 0.327 e. The number of nitrogens with two attached hydrogens (primary N) is 1. The average Bonchev–Trinajstić information content (AvgIpc) is 2.04. The number of rotatable bonds is 3. The van der Waals surface area contributed by atoms with Gasteiger partial charge in [0.15, 0.2) is 0 Å². The molecule has 0 saturated carbocycles. The van der Waals surface area contributed by atoms with Crippen molar-refractivity contribution in [1.82, 2.24) is 4.90 Å². The Kier molecular flexibility index (Phi) is 3.76. The molecule has 0 radical (unpaired) electrons. The lowest BCUT2D eigenvalue weighted by atomic mass is 10.00. The van der Waals surface area contributed by atoms with Crippen molar-refractivity contribution in [3.63, 3.8) is 0 Å². The minimum absolute atomic E-state index is 0.630. The first-order valence-corrected chi connectivity index (χ1v) is 4.81. The lowest BCUT2D eigenvalue weighted by Crippen LogP contribution is -2.36. The van der Waals surface area contributed by atoms with Crippen molar-refractivity contribution in [3.8, 4) is 0 Å². The van der Waals surface area contributed by atoms with Gasteiger partial charge in [0.05, 0.1) is 0 Å². The summed E-state index contributed by atoms with van der Waals surface area (Å²) in [5.41, 5.74) is 6.65. The standard InChI is InChI=1S/C10H20N2/c1-9-4-3-5-12(7-9)8-10(2)6-11/h9H,2-8,11H2,1H3. The van der Waals surface area contributed by atoms with E-state index in [4.69, 9.17) is 5.73 Å². The fourth-order valence-electron chi connectivity index (χ4n) is 1.81. The summed E-state index contributed by atoms with van der Waals surface area (Å²) in [7, 11) is 0. The van der Waals surface area contributed by atoms with Gasteiger partial charge in [-0.3, -0.25) is 4.90 Å². The molecule has 2 heteroatoms. The zero-order valence-corrected chi connectivity index (χ0v) is 8.05. The Balaban J connectivity index is 2.27. The van der Waals surface area contributed by atoms with Gasteiger partial charge in [-0.05, 0) is 30.9 Å². The summed E-state index contributed by atoms with van der Waals surface area (Å²) in [6, 6.07) is 0. The molecule has 2 N–H and O–H groups in total. The number of hydrogen-bond donors (Lipinski definition) is 1. The SMILES string of the molecule is C=C(CN)CN1CCCC(C)C1. The van der Waals surface area contributed by atoms with Gasteiger partial charge in [-0.15, -0.1) is 0 Å². The Morgan fingerprint density at radius 1 is 1.67 bits per heavy atom. The summed E-state index contributed by atoms with van der Waals surface area (Å²) in [6.07, 6.45) is 2.71. The van der Waals surface area contributed by atoms with Gasteiger partial charge in [0.25, 0.3) is 0 Å². The third-order valence-corrected chi connectivity index (χ3v) is 2.48. The normalized spacial score (nSPS) is 25.7. The molecule has 2 nitrogen and oxygen atoms in total. The zero-order chi connectivity index (χ0) is 8.97. The van der Waals surface area contributed by atoms with Gasteiger partial charge in [0.1, 0.15) is 0 Å². The maximum Gasteiger partial charge on any atom is 0.0202 e. The van der Waals surface area contributed by atoms with Crippen molar-refractivity contribution in [2.24, 2.45) is 11.7 Å². The fraction of sp³-hybridized carbons (Fsp3) is 0.800. The highest BCUT2D eigenvalue weighted by Gasteiger charge is 2.15. The van der Waals surface area contributed by atoms with Crippen molar-refractivity contribution >= 4 is 0 Å². The Labute approximate surface area is 75.4 Å². The van der Waals surface area contributed by atoms with Crippen LogP contribution in [0, 0.1) is 5.92 Å². The van der Waals surface area contributed by atoms with Crippen LogP contribution in [-0.4, -0.2) is 31.1 Å². The Morgan fingerprint density at radius 3 is 3.00 bits per heavy atom. The second-order valence-corrected chi connectivity index (χ2v) is 3.94. The smallest absolute Gasteiger partial charge is 0.0202 e. The van der Waals surface area contributed by atoms with Gasteiger partial charge < -0.3 is 5.73 Å². The second kappa shape index (κ2) is 4.63. The molecule has 1 heterocycles. The summed E-state index contributed by atoms with van der Waals surface area (Å²) >= 11 is 0. The molecule has 1 unspecified atom stereocenters. The summed E-state index contributed by atoms with van der Waals surface area (Å²) in [6.45, 7) is 10.3. The molecule has 1 rings (SSSR count). The Bertz CT molecular complexity index is 154. The minimum atomic E-state index is 0.630. The Morgan fingerprint density at radius 2 is 2.42 bits per heavy atom. The fourth-order valence-corrected chi connectivity index (χ4v) is 1.81. The third-order valence-electron chi connectivity index (χ3n) is 2.48. The van der Waals surface area contributed by atoms with Crippen LogP contribution in [0.25, 0.3) is 0 Å². The van der Waals surface area contributed by atoms with Crippen LogP contribution in [0.4, 0.5) is 0 Å². The van der Waals surface area contributed by atoms with Crippen LogP contribution < -0.4 is 5.73 Å². The highest BCUT2D eigenvalue weighted by molar-refractivity contribution is 4.99. The molecule has 0 aromatic carbocycles. The molecule has 1 saturated heterocycles. The molecule has 70 valence electrons. The third kappa shape index (κ3) is 2.95. The minimum Gasteiger partial charge on any atom is -0.327 e. The maximum atomic E-state index is 5.50. The predicted molar refractivity (Wildman–Crippen MR) is 53.0 cm³/mol. The molecule has 0 bridgehead atoms. The molecule has 0 aliphatic carbocycles. The lowest BCUT2D eigenvalue weighted by Gasteiger charge is -2.31. The molecule has 1 aliphatic rings. The van der Waals surface area contributed by atoms with Gasteiger partial charge in [0, 0.05) is 19.6 Å². The van der Waals surface area contributed by atoms with E-state index in [0.717, 1.165) is 18.0 Å². The number of piperidine rings is 1. The van der Waals surface area contributed by atoms with Crippen LogP contribution in [0.15, 0.2) is 12.2 Å². The molecule has 1 atom stereocenters. The molecule has 0 aromatic rings. The highest BCUT2D eigenvalue weighted by atomic mass is 15.1. The zero-order valence-electron chi connectivity index (χ0n) is 8.05. The van der Waals surface area contributed by atoms with E-state index in [9.17, 15) is 0 Å². The van der Waals surface area contributed by atoms with Crippen molar-refractivity contribution in [1.29, 1.82) is 0 Å². The van der Waals surface area contributed by atoms with E-state index in [0.29, 0.717) is 6.54 Å². The second-order valence-electron chi connectivity index (χ2n) is 3.94. The van der Waals surface area contributed by atoms with Crippen molar-refractivity contribution < 1.29 is 0 Å². The summed E-state index contributed by atoms with van der Waals surface area (Å²) < 4.78 is 0. The number of nitrogens with zero attached hydrogens (tertiary/aromatic N) is 1. The Hall–Kier alpha value is -0.340. The van der Waals surface area contributed by atoms with Gasteiger partial charge in [-0.25, -0.2) is 0 Å². The number of hydrogen-bond acceptors (Lipinski definition) is 2. The van der Waals surface area contributed by atoms with Gasteiger partial charge in [0.2, 0.25) is 0 Å². The topological polar surface area (TPSA) is 29.3 Å². The summed E-state index contributed by atoms with van der Waals surface area (Å²) in [4.78, 5) is 2.46. The molecule has 1 aliphatic heterocycles.